The number of aliphatic hydroxyl groups excluding tert-OH is 1. The molecule has 0 atom stereocenters. The number of benzene rings is 1. The van der Waals surface area contributed by atoms with Crippen molar-refractivity contribution >= 4 is 27.5 Å². The monoisotopic (exact) mass is 380 g/mol. The van der Waals surface area contributed by atoms with Crippen LogP contribution in [0.15, 0.2) is 18.2 Å². The van der Waals surface area contributed by atoms with Crippen LogP contribution in [0.1, 0.15) is 27.2 Å². The van der Waals surface area contributed by atoms with Gasteiger partial charge in [-0.3, -0.25) is 9.11 Å². The van der Waals surface area contributed by atoms with Crippen LogP contribution < -0.4 is 21.7 Å². The molecule has 0 spiro atoms. The molecule has 0 aliphatic heterocycles. The van der Waals surface area contributed by atoms with Crippen molar-refractivity contribution < 1.29 is 22.6 Å². The molecule has 0 aliphatic rings. The van der Waals surface area contributed by atoms with Crippen LogP contribution >= 0.6 is 0 Å². The Bertz CT molecular complexity index is 531. The van der Waals surface area contributed by atoms with Crippen LogP contribution in [-0.2, 0) is 10.4 Å². The zero-order valence-corrected chi connectivity index (χ0v) is 15.9. The first kappa shape index (κ1) is 25.6. The maximum Gasteiger partial charge on any atom is 0.394 e. The standard InChI is InChI=1S/C11H19N3O.C4H11N.H2O4S/c1-2-13-11-5-4-9(8-10(11)12)14-6-3-7-15;1-3-5-4-2;1-5(2,3)4/h4-5,8,13-15H,2-3,6-7,12H2,1H3;5H,3-4H2,1-2H3;(H2,1,2,3,4). The van der Waals surface area contributed by atoms with Gasteiger partial charge in [0.05, 0.1) is 11.4 Å². The second-order valence-electron chi connectivity index (χ2n) is 4.74. The third-order valence-corrected chi connectivity index (χ3v) is 2.58. The molecule has 10 heteroatoms. The average molecular weight is 381 g/mol. The van der Waals surface area contributed by atoms with E-state index in [2.05, 4.69) is 29.8 Å². The predicted octanol–water partition coefficient (Wildman–Crippen LogP) is 1.46. The van der Waals surface area contributed by atoms with Crippen LogP contribution in [-0.4, -0.2) is 55.4 Å². The van der Waals surface area contributed by atoms with Gasteiger partial charge in [0.15, 0.2) is 0 Å². The van der Waals surface area contributed by atoms with E-state index < -0.39 is 10.4 Å². The number of anilines is 3. The average Bonchev–Trinajstić information content (AvgIpc) is 2.50. The van der Waals surface area contributed by atoms with Gasteiger partial charge in [0, 0.05) is 25.4 Å². The van der Waals surface area contributed by atoms with Crippen LogP contribution in [0, 0.1) is 0 Å². The molecule has 0 saturated heterocycles. The maximum absolute atomic E-state index is 8.74. The summed E-state index contributed by atoms with van der Waals surface area (Å²) in [6.45, 7) is 10.3. The lowest BCUT2D eigenvalue weighted by molar-refractivity contribution is 0.292. The van der Waals surface area contributed by atoms with Gasteiger partial charge in [-0.25, -0.2) is 0 Å². The van der Waals surface area contributed by atoms with E-state index in [1.807, 2.05) is 25.1 Å². The summed E-state index contributed by atoms with van der Waals surface area (Å²) in [5, 5.41) is 18.1. The fourth-order valence-electron chi connectivity index (χ4n) is 1.59. The highest BCUT2D eigenvalue weighted by Crippen LogP contribution is 2.22. The maximum atomic E-state index is 8.74. The van der Waals surface area contributed by atoms with Gasteiger partial charge in [-0.05, 0) is 44.6 Å². The third-order valence-electron chi connectivity index (χ3n) is 2.58. The van der Waals surface area contributed by atoms with E-state index in [0.29, 0.717) is 0 Å². The van der Waals surface area contributed by atoms with Crippen molar-refractivity contribution in [1.29, 1.82) is 0 Å². The van der Waals surface area contributed by atoms with E-state index >= 15 is 0 Å². The van der Waals surface area contributed by atoms with Crippen LogP contribution in [0.2, 0.25) is 0 Å². The molecule has 1 aromatic rings. The van der Waals surface area contributed by atoms with E-state index in [1.165, 1.54) is 0 Å². The molecule has 0 heterocycles. The van der Waals surface area contributed by atoms with Crippen LogP contribution in [0.25, 0.3) is 0 Å². The van der Waals surface area contributed by atoms with Crippen LogP contribution in [0.3, 0.4) is 0 Å². The largest absolute Gasteiger partial charge is 0.397 e. The zero-order chi connectivity index (χ0) is 19.7. The molecule has 0 aliphatic carbocycles. The van der Waals surface area contributed by atoms with E-state index in [1.54, 1.807) is 0 Å². The second-order valence-corrected chi connectivity index (χ2v) is 5.64. The van der Waals surface area contributed by atoms with Gasteiger partial charge in [0.25, 0.3) is 0 Å². The molecule has 0 amide bonds. The van der Waals surface area contributed by atoms with Gasteiger partial charge >= 0.3 is 10.4 Å². The van der Waals surface area contributed by atoms with Crippen molar-refractivity contribution in [2.75, 3.05) is 49.2 Å². The number of hydrogen-bond acceptors (Lipinski definition) is 7. The normalized spacial score (nSPS) is 10.0. The fraction of sp³-hybridized carbons (Fsp3) is 0.600. The molecular formula is C15H32N4O5S. The van der Waals surface area contributed by atoms with Crippen molar-refractivity contribution in [1.82, 2.24) is 5.32 Å². The minimum Gasteiger partial charge on any atom is -0.397 e. The fourth-order valence-corrected chi connectivity index (χ4v) is 1.59. The Kier molecular flexibility index (Phi) is 16.3. The summed E-state index contributed by atoms with van der Waals surface area (Å²) in [6, 6.07) is 5.83. The summed E-state index contributed by atoms with van der Waals surface area (Å²) < 4.78 is 31.6. The Labute approximate surface area is 150 Å². The highest BCUT2D eigenvalue weighted by Gasteiger charge is 1.98. The summed E-state index contributed by atoms with van der Waals surface area (Å²) in [4.78, 5) is 0. The van der Waals surface area contributed by atoms with Crippen molar-refractivity contribution in [2.45, 2.75) is 27.2 Å². The Hall–Kier alpha value is -1.59. The molecule has 0 radical (unpaired) electrons. The predicted molar refractivity (Wildman–Crippen MR) is 104 cm³/mol. The number of nitrogens with two attached hydrogens (primary N) is 1. The van der Waals surface area contributed by atoms with Crippen molar-refractivity contribution in [3.63, 3.8) is 0 Å². The number of nitrogens with one attached hydrogen (secondary N) is 3. The van der Waals surface area contributed by atoms with Crippen LogP contribution in [0.4, 0.5) is 17.1 Å². The summed E-state index contributed by atoms with van der Waals surface area (Å²) in [7, 11) is -4.67. The first-order valence-corrected chi connectivity index (χ1v) is 9.47. The number of aliphatic hydroxyl groups is 1. The lowest BCUT2D eigenvalue weighted by atomic mass is 10.2. The Morgan fingerprint density at radius 1 is 1.04 bits per heavy atom. The van der Waals surface area contributed by atoms with E-state index in [9.17, 15) is 0 Å². The smallest absolute Gasteiger partial charge is 0.394 e. The minimum atomic E-state index is -4.67. The topological polar surface area (TPSA) is 157 Å². The minimum absolute atomic E-state index is 0.206. The van der Waals surface area contributed by atoms with Gasteiger partial charge in [-0.2, -0.15) is 8.42 Å². The molecule has 1 rings (SSSR count). The molecule has 8 N–H and O–H groups in total. The quantitative estimate of drug-likeness (QED) is 0.201. The van der Waals surface area contributed by atoms with E-state index in [0.717, 1.165) is 49.7 Å². The summed E-state index contributed by atoms with van der Waals surface area (Å²) in [5.74, 6) is 0. The first-order valence-electron chi connectivity index (χ1n) is 8.08. The van der Waals surface area contributed by atoms with Gasteiger partial charge < -0.3 is 26.8 Å². The van der Waals surface area contributed by atoms with Gasteiger partial charge in [-0.1, -0.05) is 13.8 Å². The number of nitrogen functional groups attached to an aromatic ring is 1. The molecule has 148 valence electrons. The van der Waals surface area contributed by atoms with Gasteiger partial charge in [0.1, 0.15) is 0 Å². The second kappa shape index (κ2) is 15.9. The highest BCUT2D eigenvalue weighted by atomic mass is 32.3. The Balaban J connectivity index is 0. The summed E-state index contributed by atoms with van der Waals surface area (Å²) >= 11 is 0. The molecule has 0 saturated carbocycles. The van der Waals surface area contributed by atoms with Crippen molar-refractivity contribution in [3.8, 4) is 0 Å². The summed E-state index contributed by atoms with van der Waals surface area (Å²) in [6.07, 6.45) is 0.745. The number of hydrogen-bond donors (Lipinski definition) is 7. The molecule has 0 aromatic heterocycles. The molecule has 1 aromatic carbocycles. The molecule has 0 fully saturated rings. The highest BCUT2D eigenvalue weighted by molar-refractivity contribution is 7.79. The molecule has 0 bridgehead atoms. The SMILES string of the molecule is CCNCC.CCNc1ccc(NCCCO)cc1N.O=S(=O)(O)O. The molecule has 25 heavy (non-hydrogen) atoms. The molecule has 0 unspecified atom stereocenters. The van der Waals surface area contributed by atoms with Gasteiger partial charge in [-0.15, -0.1) is 0 Å². The first-order chi connectivity index (χ1) is 11.7. The van der Waals surface area contributed by atoms with Gasteiger partial charge in [0.2, 0.25) is 0 Å². The molecular weight excluding hydrogens is 348 g/mol. The van der Waals surface area contributed by atoms with Crippen molar-refractivity contribution in [3.05, 3.63) is 18.2 Å². The lowest BCUT2D eigenvalue weighted by Crippen LogP contribution is -2.09. The third kappa shape index (κ3) is 20.4. The Morgan fingerprint density at radius 2 is 1.60 bits per heavy atom. The molecule has 9 nitrogen and oxygen atoms in total. The van der Waals surface area contributed by atoms with Crippen LogP contribution in [0.5, 0.6) is 0 Å². The van der Waals surface area contributed by atoms with E-state index in [4.69, 9.17) is 28.4 Å². The van der Waals surface area contributed by atoms with E-state index in [-0.39, 0.29) is 6.61 Å². The van der Waals surface area contributed by atoms with Crippen molar-refractivity contribution in [2.24, 2.45) is 0 Å². The number of rotatable bonds is 8. The Morgan fingerprint density at radius 3 is 1.96 bits per heavy atom. The lowest BCUT2D eigenvalue weighted by Gasteiger charge is -2.10. The zero-order valence-electron chi connectivity index (χ0n) is 15.1. The summed E-state index contributed by atoms with van der Waals surface area (Å²) in [5.41, 5.74) is 8.55.